The van der Waals surface area contributed by atoms with Crippen LogP contribution in [0.15, 0.2) is 49.2 Å². The van der Waals surface area contributed by atoms with Crippen molar-refractivity contribution in [1.82, 2.24) is 9.97 Å². The summed E-state index contributed by atoms with van der Waals surface area (Å²) in [4.78, 5) is 20.4. The standard InChI is InChI=1S/C16H18N4O2/c1-3-10-17-14-9-11-18-16(20-14)19-13-8-6-5-7-12(13)15(21)22-4-2/h3,5-9,11H,1,4,10H2,2H3,(H2,17,18,19,20). The molecule has 0 aliphatic carbocycles. The molecule has 2 N–H and O–H groups in total. The molecule has 1 heterocycles. The van der Waals surface area contributed by atoms with E-state index in [0.29, 0.717) is 36.2 Å². The Hall–Kier alpha value is -2.89. The summed E-state index contributed by atoms with van der Waals surface area (Å²) in [5.41, 5.74) is 1.04. The van der Waals surface area contributed by atoms with E-state index < -0.39 is 0 Å². The molecular formula is C16H18N4O2. The molecule has 0 aliphatic rings. The third-order valence-electron chi connectivity index (χ3n) is 2.75. The number of nitrogens with zero attached hydrogens (tertiary/aromatic N) is 2. The number of anilines is 3. The molecule has 0 saturated heterocycles. The van der Waals surface area contributed by atoms with Gasteiger partial charge in [0.1, 0.15) is 5.82 Å². The first-order valence-electron chi connectivity index (χ1n) is 6.95. The lowest BCUT2D eigenvalue weighted by molar-refractivity contribution is 0.0527. The van der Waals surface area contributed by atoms with Gasteiger partial charge in [0.15, 0.2) is 0 Å². The van der Waals surface area contributed by atoms with Crippen LogP contribution in [0.25, 0.3) is 0 Å². The maximum atomic E-state index is 11.9. The molecule has 6 heteroatoms. The number of ether oxygens (including phenoxy) is 1. The molecule has 0 unspecified atom stereocenters. The Morgan fingerprint density at radius 1 is 1.36 bits per heavy atom. The monoisotopic (exact) mass is 298 g/mol. The van der Waals surface area contributed by atoms with Crippen LogP contribution in [0.2, 0.25) is 0 Å². The Balaban J connectivity index is 2.20. The molecule has 0 amide bonds. The quantitative estimate of drug-likeness (QED) is 0.604. The summed E-state index contributed by atoms with van der Waals surface area (Å²) in [5, 5.41) is 6.12. The van der Waals surface area contributed by atoms with E-state index in [1.807, 2.05) is 6.07 Å². The van der Waals surface area contributed by atoms with Crippen molar-refractivity contribution in [1.29, 1.82) is 0 Å². The van der Waals surface area contributed by atoms with Gasteiger partial charge in [-0.15, -0.1) is 6.58 Å². The van der Waals surface area contributed by atoms with E-state index in [-0.39, 0.29) is 5.97 Å². The van der Waals surface area contributed by atoms with Crippen LogP contribution in [0.4, 0.5) is 17.5 Å². The van der Waals surface area contributed by atoms with Gasteiger partial charge in [0.25, 0.3) is 0 Å². The normalized spacial score (nSPS) is 9.86. The van der Waals surface area contributed by atoms with Gasteiger partial charge >= 0.3 is 5.97 Å². The predicted octanol–water partition coefficient (Wildman–Crippen LogP) is 2.99. The van der Waals surface area contributed by atoms with Gasteiger partial charge < -0.3 is 15.4 Å². The summed E-state index contributed by atoms with van der Waals surface area (Å²) in [6, 6.07) is 8.83. The van der Waals surface area contributed by atoms with E-state index in [0.717, 1.165) is 0 Å². The first-order chi connectivity index (χ1) is 10.7. The lowest BCUT2D eigenvalue weighted by Crippen LogP contribution is -2.09. The minimum absolute atomic E-state index is 0.324. The van der Waals surface area contributed by atoms with Gasteiger partial charge in [0.2, 0.25) is 5.95 Å². The summed E-state index contributed by atoms with van der Waals surface area (Å²) >= 11 is 0. The van der Waals surface area contributed by atoms with Crippen molar-refractivity contribution in [3.63, 3.8) is 0 Å². The maximum Gasteiger partial charge on any atom is 0.340 e. The second-order valence-electron chi connectivity index (χ2n) is 4.33. The molecule has 1 aromatic carbocycles. The third-order valence-corrected chi connectivity index (χ3v) is 2.75. The van der Waals surface area contributed by atoms with Gasteiger partial charge in [0.05, 0.1) is 17.9 Å². The van der Waals surface area contributed by atoms with Gasteiger partial charge in [-0.25, -0.2) is 9.78 Å². The Labute approximate surface area is 129 Å². The highest BCUT2D eigenvalue weighted by Crippen LogP contribution is 2.20. The molecule has 6 nitrogen and oxygen atoms in total. The van der Waals surface area contributed by atoms with E-state index >= 15 is 0 Å². The second-order valence-corrected chi connectivity index (χ2v) is 4.33. The summed E-state index contributed by atoms with van der Waals surface area (Å²) < 4.78 is 5.04. The minimum atomic E-state index is -0.383. The first-order valence-corrected chi connectivity index (χ1v) is 6.95. The van der Waals surface area contributed by atoms with Gasteiger partial charge in [-0.2, -0.15) is 4.98 Å². The molecule has 114 valence electrons. The fraction of sp³-hybridized carbons (Fsp3) is 0.188. The van der Waals surface area contributed by atoms with Crippen molar-refractivity contribution in [2.24, 2.45) is 0 Å². The van der Waals surface area contributed by atoms with Crippen molar-refractivity contribution in [2.75, 3.05) is 23.8 Å². The van der Waals surface area contributed by atoms with Crippen LogP contribution in [0.1, 0.15) is 17.3 Å². The Morgan fingerprint density at radius 2 is 2.18 bits per heavy atom. The number of esters is 1. The number of para-hydroxylation sites is 1. The zero-order chi connectivity index (χ0) is 15.8. The molecule has 0 saturated carbocycles. The third kappa shape index (κ3) is 4.05. The predicted molar refractivity (Wildman–Crippen MR) is 86.4 cm³/mol. The van der Waals surface area contributed by atoms with E-state index in [2.05, 4.69) is 27.2 Å². The average Bonchev–Trinajstić information content (AvgIpc) is 2.54. The average molecular weight is 298 g/mol. The molecule has 0 fully saturated rings. The number of aromatic nitrogens is 2. The highest BCUT2D eigenvalue weighted by atomic mass is 16.5. The number of nitrogens with one attached hydrogen (secondary N) is 2. The van der Waals surface area contributed by atoms with Crippen molar-refractivity contribution in [3.8, 4) is 0 Å². The number of rotatable bonds is 7. The zero-order valence-corrected chi connectivity index (χ0v) is 12.4. The topological polar surface area (TPSA) is 76.1 Å². The summed E-state index contributed by atoms with van der Waals surface area (Å²) in [6.45, 7) is 6.34. The zero-order valence-electron chi connectivity index (χ0n) is 12.4. The van der Waals surface area contributed by atoms with Crippen LogP contribution >= 0.6 is 0 Å². The van der Waals surface area contributed by atoms with Crippen LogP contribution in [-0.2, 0) is 4.74 Å². The van der Waals surface area contributed by atoms with Crippen LogP contribution < -0.4 is 10.6 Å². The van der Waals surface area contributed by atoms with E-state index in [1.54, 1.807) is 43.5 Å². The fourth-order valence-corrected chi connectivity index (χ4v) is 1.79. The molecule has 0 aliphatic heterocycles. The van der Waals surface area contributed by atoms with Gasteiger partial charge in [-0.1, -0.05) is 18.2 Å². The molecular weight excluding hydrogens is 280 g/mol. The smallest absolute Gasteiger partial charge is 0.340 e. The lowest BCUT2D eigenvalue weighted by atomic mass is 10.2. The molecule has 0 spiro atoms. The number of hydrogen-bond donors (Lipinski definition) is 2. The summed E-state index contributed by atoms with van der Waals surface area (Å²) in [6.07, 6.45) is 3.37. The number of benzene rings is 1. The second kappa shape index (κ2) is 7.78. The molecule has 1 aromatic heterocycles. The number of carbonyl (C=O) groups is 1. The van der Waals surface area contributed by atoms with Crippen LogP contribution in [0.3, 0.4) is 0 Å². The van der Waals surface area contributed by atoms with E-state index in [9.17, 15) is 4.79 Å². The Kier molecular flexibility index (Phi) is 5.48. The molecule has 0 atom stereocenters. The number of hydrogen-bond acceptors (Lipinski definition) is 6. The van der Waals surface area contributed by atoms with Gasteiger partial charge in [0, 0.05) is 12.7 Å². The lowest BCUT2D eigenvalue weighted by Gasteiger charge is -2.11. The molecule has 22 heavy (non-hydrogen) atoms. The first kappa shape index (κ1) is 15.5. The van der Waals surface area contributed by atoms with Crippen LogP contribution in [-0.4, -0.2) is 29.1 Å². The Morgan fingerprint density at radius 3 is 2.95 bits per heavy atom. The van der Waals surface area contributed by atoms with E-state index in [1.165, 1.54) is 0 Å². The highest BCUT2D eigenvalue weighted by molar-refractivity contribution is 5.96. The summed E-state index contributed by atoms with van der Waals surface area (Å²) in [7, 11) is 0. The summed E-state index contributed by atoms with van der Waals surface area (Å²) in [5.74, 6) is 0.684. The van der Waals surface area contributed by atoms with Crippen molar-refractivity contribution in [2.45, 2.75) is 6.92 Å². The molecule has 0 bridgehead atoms. The van der Waals surface area contributed by atoms with Gasteiger partial charge in [-0.05, 0) is 25.1 Å². The molecule has 0 radical (unpaired) electrons. The van der Waals surface area contributed by atoms with Crippen molar-refractivity contribution in [3.05, 3.63) is 54.7 Å². The van der Waals surface area contributed by atoms with Crippen LogP contribution in [0.5, 0.6) is 0 Å². The Bertz CT molecular complexity index is 658. The number of carbonyl (C=O) groups excluding carboxylic acids is 1. The van der Waals surface area contributed by atoms with Crippen molar-refractivity contribution >= 4 is 23.4 Å². The van der Waals surface area contributed by atoms with Crippen molar-refractivity contribution < 1.29 is 9.53 Å². The minimum Gasteiger partial charge on any atom is -0.462 e. The fourth-order valence-electron chi connectivity index (χ4n) is 1.79. The maximum absolute atomic E-state index is 11.9. The van der Waals surface area contributed by atoms with E-state index in [4.69, 9.17) is 4.74 Å². The SMILES string of the molecule is C=CCNc1ccnc(Nc2ccccc2C(=O)OCC)n1. The highest BCUT2D eigenvalue weighted by Gasteiger charge is 2.12. The van der Waals surface area contributed by atoms with Crippen LogP contribution in [0, 0.1) is 0 Å². The molecule has 2 rings (SSSR count). The largest absolute Gasteiger partial charge is 0.462 e. The van der Waals surface area contributed by atoms with Gasteiger partial charge in [-0.3, -0.25) is 0 Å². The molecule has 2 aromatic rings.